The Balaban J connectivity index is 1.58. The van der Waals surface area contributed by atoms with Gasteiger partial charge >= 0.3 is 0 Å². The third-order valence-electron chi connectivity index (χ3n) is 5.59. The van der Waals surface area contributed by atoms with E-state index in [-0.39, 0.29) is 17.4 Å². The fraction of sp³-hybridized carbons (Fsp3) is 0.208. The van der Waals surface area contributed by atoms with Crippen LogP contribution in [-0.4, -0.2) is 23.2 Å². The van der Waals surface area contributed by atoms with Gasteiger partial charge in [0, 0.05) is 11.3 Å². The topological polar surface area (TPSA) is 78.8 Å². The van der Waals surface area contributed by atoms with Crippen LogP contribution in [0, 0.1) is 6.92 Å². The van der Waals surface area contributed by atoms with E-state index in [1.165, 1.54) is 12.1 Å². The van der Waals surface area contributed by atoms with Gasteiger partial charge in [-0.25, -0.2) is 0 Å². The minimum atomic E-state index is -0.652. The maximum atomic E-state index is 13.0. The molecule has 3 aromatic carbocycles. The molecule has 1 fully saturated rings. The van der Waals surface area contributed by atoms with Crippen LogP contribution in [0.4, 0.5) is 5.69 Å². The number of amides is 1. The van der Waals surface area contributed by atoms with Crippen LogP contribution in [0.15, 0.2) is 60.7 Å². The van der Waals surface area contributed by atoms with Crippen LogP contribution < -0.4 is 10.1 Å². The molecule has 0 aliphatic heterocycles. The number of para-hydroxylation sites is 1. The summed E-state index contributed by atoms with van der Waals surface area (Å²) in [6.07, 6.45) is 1.42. The average Bonchev–Trinajstić information content (AvgIpc) is 3.52. The number of nitrogens with one attached hydrogen (secondary N) is 1. The van der Waals surface area contributed by atoms with Crippen LogP contribution in [0.25, 0.3) is 11.1 Å². The van der Waals surface area contributed by atoms with Crippen molar-refractivity contribution in [1.82, 2.24) is 0 Å². The summed E-state index contributed by atoms with van der Waals surface area (Å²) in [5.41, 5.74) is 3.86. The maximum absolute atomic E-state index is 13.0. The Morgan fingerprint density at radius 3 is 2.38 bits per heavy atom. The van der Waals surface area contributed by atoms with E-state index in [2.05, 4.69) is 5.32 Å². The molecule has 0 spiro atoms. The molecule has 5 heteroatoms. The Bertz CT molecular complexity index is 1090. The zero-order valence-corrected chi connectivity index (χ0v) is 16.4. The predicted octanol–water partition coefficient (Wildman–Crippen LogP) is 4.75. The van der Waals surface area contributed by atoms with Crippen molar-refractivity contribution in [3.05, 3.63) is 71.8 Å². The first-order valence-corrected chi connectivity index (χ1v) is 9.52. The number of benzene rings is 3. The number of aryl methyl sites for hydroxylation is 1. The van der Waals surface area contributed by atoms with Gasteiger partial charge < -0.3 is 20.3 Å². The lowest BCUT2D eigenvalue weighted by Crippen LogP contribution is -2.27. The SMILES string of the molecule is COc1ccccc1-c1ccc(NC(=O)C2(c3ccc(O)c(O)c3)CC2)cc1C. The molecule has 3 aromatic rings. The number of hydrogen-bond acceptors (Lipinski definition) is 4. The Labute approximate surface area is 169 Å². The lowest BCUT2D eigenvalue weighted by molar-refractivity contribution is -0.118. The van der Waals surface area contributed by atoms with Crippen molar-refractivity contribution < 1.29 is 19.7 Å². The van der Waals surface area contributed by atoms with E-state index in [1.54, 1.807) is 13.2 Å². The zero-order chi connectivity index (χ0) is 20.6. The summed E-state index contributed by atoms with van der Waals surface area (Å²) in [6, 6.07) is 18.2. The molecule has 0 bridgehead atoms. The van der Waals surface area contributed by atoms with E-state index in [0.29, 0.717) is 18.4 Å². The summed E-state index contributed by atoms with van der Waals surface area (Å²) in [5.74, 6) is 0.301. The first kappa shape index (κ1) is 18.9. The van der Waals surface area contributed by atoms with Gasteiger partial charge in [0.1, 0.15) is 5.75 Å². The number of phenolic OH excluding ortho intramolecular Hbond substituents is 2. The van der Waals surface area contributed by atoms with E-state index in [9.17, 15) is 15.0 Å². The fourth-order valence-electron chi connectivity index (χ4n) is 3.75. The first-order valence-electron chi connectivity index (χ1n) is 9.52. The third-order valence-corrected chi connectivity index (χ3v) is 5.59. The van der Waals surface area contributed by atoms with Crippen LogP contribution in [0.2, 0.25) is 0 Å². The molecule has 3 N–H and O–H groups in total. The van der Waals surface area contributed by atoms with Crippen LogP contribution in [0.3, 0.4) is 0 Å². The summed E-state index contributed by atoms with van der Waals surface area (Å²) < 4.78 is 5.46. The van der Waals surface area contributed by atoms with Crippen LogP contribution in [0.5, 0.6) is 17.2 Å². The first-order chi connectivity index (χ1) is 13.9. The number of carbonyl (C=O) groups is 1. The Morgan fingerprint density at radius 1 is 0.966 bits per heavy atom. The van der Waals surface area contributed by atoms with Crippen molar-refractivity contribution in [1.29, 1.82) is 0 Å². The van der Waals surface area contributed by atoms with E-state index in [4.69, 9.17) is 4.74 Å². The Morgan fingerprint density at radius 2 is 1.72 bits per heavy atom. The van der Waals surface area contributed by atoms with Crippen molar-refractivity contribution in [2.75, 3.05) is 12.4 Å². The maximum Gasteiger partial charge on any atom is 0.235 e. The van der Waals surface area contributed by atoms with Gasteiger partial charge in [-0.05, 0) is 66.8 Å². The van der Waals surface area contributed by atoms with Crippen molar-refractivity contribution in [2.24, 2.45) is 0 Å². The molecule has 148 valence electrons. The number of methoxy groups -OCH3 is 1. The summed E-state index contributed by atoms with van der Waals surface area (Å²) in [5, 5.41) is 22.3. The number of rotatable bonds is 5. The van der Waals surface area contributed by atoms with Gasteiger partial charge in [0.15, 0.2) is 11.5 Å². The minimum Gasteiger partial charge on any atom is -0.504 e. The molecule has 1 saturated carbocycles. The molecular formula is C24H23NO4. The van der Waals surface area contributed by atoms with Gasteiger partial charge in [-0.3, -0.25) is 4.79 Å². The van der Waals surface area contributed by atoms with Crippen LogP contribution >= 0.6 is 0 Å². The molecule has 0 saturated heterocycles. The second-order valence-electron chi connectivity index (χ2n) is 7.47. The van der Waals surface area contributed by atoms with Crippen LogP contribution in [-0.2, 0) is 10.2 Å². The molecule has 0 heterocycles. The molecule has 4 rings (SSSR count). The van der Waals surface area contributed by atoms with Crippen molar-refractivity contribution in [2.45, 2.75) is 25.2 Å². The molecule has 1 aliphatic carbocycles. The molecule has 29 heavy (non-hydrogen) atoms. The molecule has 1 aliphatic rings. The monoisotopic (exact) mass is 389 g/mol. The number of phenols is 2. The highest BCUT2D eigenvalue weighted by Gasteiger charge is 2.51. The van der Waals surface area contributed by atoms with E-state index < -0.39 is 5.41 Å². The predicted molar refractivity (Wildman–Crippen MR) is 112 cm³/mol. The third kappa shape index (κ3) is 3.40. The van der Waals surface area contributed by atoms with Crippen molar-refractivity contribution in [3.8, 4) is 28.4 Å². The highest BCUT2D eigenvalue weighted by molar-refractivity contribution is 6.01. The number of carbonyl (C=O) groups excluding carboxylic acids is 1. The number of hydrogen-bond donors (Lipinski definition) is 3. The highest BCUT2D eigenvalue weighted by Crippen LogP contribution is 2.50. The van der Waals surface area contributed by atoms with Gasteiger partial charge in [0.25, 0.3) is 0 Å². The largest absolute Gasteiger partial charge is 0.504 e. The van der Waals surface area contributed by atoms with Crippen molar-refractivity contribution in [3.63, 3.8) is 0 Å². The average molecular weight is 389 g/mol. The molecule has 1 amide bonds. The zero-order valence-electron chi connectivity index (χ0n) is 16.4. The van der Waals surface area contributed by atoms with Gasteiger partial charge in [-0.15, -0.1) is 0 Å². The standard InChI is InChI=1S/C24H23NO4/c1-15-13-17(8-9-18(15)19-5-3-4-6-22(19)29-2)25-23(28)24(11-12-24)16-7-10-20(26)21(27)14-16/h3-10,13-14,26-27H,11-12H2,1-2H3,(H,25,28). The number of anilines is 1. The lowest BCUT2D eigenvalue weighted by atomic mass is 9.94. The second-order valence-corrected chi connectivity index (χ2v) is 7.47. The molecule has 0 radical (unpaired) electrons. The molecule has 0 unspecified atom stereocenters. The molecule has 0 atom stereocenters. The van der Waals surface area contributed by atoms with Crippen LogP contribution in [0.1, 0.15) is 24.0 Å². The van der Waals surface area contributed by atoms with Gasteiger partial charge in [0.2, 0.25) is 5.91 Å². The fourth-order valence-corrected chi connectivity index (χ4v) is 3.75. The smallest absolute Gasteiger partial charge is 0.235 e. The highest BCUT2D eigenvalue weighted by atomic mass is 16.5. The van der Waals surface area contributed by atoms with E-state index in [1.807, 2.05) is 49.4 Å². The summed E-state index contributed by atoms with van der Waals surface area (Å²) in [4.78, 5) is 13.0. The quantitative estimate of drug-likeness (QED) is 0.550. The van der Waals surface area contributed by atoms with E-state index in [0.717, 1.165) is 28.1 Å². The van der Waals surface area contributed by atoms with Crippen molar-refractivity contribution >= 4 is 11.6 Å². The summed E-state index contributed by atoms with van der Waals surface area (Å²) in [7, 11) is 1.65. The van der Waals surface area contributed by atoms with E-state index >= 15 is 0 Å². The number of ether oxygens (including phenoxy) is 1. The summed E-state index contributed by atoms with van der Waals surface area (Å²) in [6.45, 7) is 2.00. The van der Waals surface area contributed by atoms with Gasteiger partial charge in [-0.2, -0.15) is 0 Å². The Kier molecular flexibility index (Phi) is 4.66. The molecule has 0 aromatic heterocycles. The molecule has 5 nitrogen and oxygen atoms in total. The van der Waals surface area contributed by atoms with Gasteiger partial charge in [0.05, 0.1) is 12.5 Å². The molecular weight excluding hydrogens is 366 g/mol. The normalized spacial score (nSPS) is 14.3. The summed E-state index contributed by atoms with van der Waals surface area (Å²) >= 11 is 0. The van der Waals surface area contributed by atoms with Gasteiger partial charge in [-0.1, -0.05) is 30.3 Å². The lowest BCUT2D eigenvalue weighted by Gasteiger charge is -2.17. The Hall–Kier alpha value is -3.47. The number of aromatic hydroxyl groups is 2. The minimum absolute atomic E-state index is 0.105. The second kappa shape index (κ2) is 7.17.